The summed E-state index contributed by atoms with van der Waals surface area (Å²) in [5.74, 6) is 3.74. The van der Waals surface area contributed by atoms with Crippen LogP contribution in [0.3, 0.4) is 0 Å². The van der Waals surface area contributed by atoms with E-state index >= 15 is 0 Å². The van der Waals surface area contributed by atoms with Crippen molar-refractivity contribution in [2.45, 2.75) is 290 Å². The van der Waals surface area contributed by atoms with Crippen molar-refractivity contribution in [3.63, 3.8) is 0 Å². The number of carbonyl (C=O) groups excluding carboxylic acids is 2. The van der Waals surface area contributed by atoms with Crippen LogP contribution in [0.1, 0.15) is 272 Å². The Balaban J connectivity index is -0.000000436. The van der Waals surface area contributed by atoms with Gasteiger partial charge in [0.15, 0.2) is 0 Å². The molecule has 2 amide bonds. The highest BCUT2D eigenvalue weighted by Crippen LogP contribution is 2.36. The van der Waals surface area contributed by atoms with Crippen LogP contribution in [0.2, 0.25) is 0 Å². The van der Waals surface area contributed by atoms with Crippen molar-refractivity contribution < 1.29 is 37.7 Å². The van der Waals surface area contributed by atoms with Crippen molar-refractivity contribution in [2.24, 2.45) is 73.4 Å². The zero-order chi connectivity index (χ0) is 64.3. The van der Waals surface area contributed by atoms with Crippen molar-refractivity contribution in [1.29, 1.82) is 0 Å². The number of sulfone groups is 1. The van der Waals surface area contributed by atoms with E-state index in [0.717, 1.165) is 96.7 Å². The number of nitrogens with one attached hydrogen (secondary N) is 1. The highest BCUT2D eigenvalue weighted by Gasteiger charge is 2.40. The van der Waals surface area contributed by atoms with Gasteiger partial charge in [-0.05, 0) is 121 Å². The Hall–Kier alpha value is -1.47. The maximum atomic E-state index is 12.0. The Morgan fingerprint density at radius 3 is 1.16 bits per heavy atom. The van der Waals surface area contributed by atoms with Gasteiger partial charge in [-0.25, -0.2) is 13.2 Å². The van der Waals surface area contributed by atoms with E-state index in [2.05, 4.69) is 197 Å². The largest absolute Gasteiger partial charge is 0.441 e. The molecule has 0 aromatic rings. The Bertz CT molecular complexity index is 1680. The number of amides is 2. The maximum Gasteiger partial charge on any atom is 0.410 e. The summed E-state index contributed by atoms with van der Waals surface area (Å²) in [5.41, 5.74) is 1.46. The summed E-state index contributed by atoms with van der Waals surface area (Å²) < 4.78 is 32.6. The molecule has 2 heterocycles. The molecule has 0 aromatic carbocycles. The third-order valence-corrected chi connectivity index (χ3v) is 17.4. The highest BCUT2D eigenvalue weighted by atomic mass is 32.2. The minimum absolute atomic E-state index is 0.0523. The number of rotatable bonds is 19. The second kappa shape index (κ2) is 37.9. The molecule has 2 saturated heterocycles. The number of aliphatic hydroxyl groups is 2. The first kappa shape index (κ1) is 85.0. The van der Waals surface area contributed by atoms with Gasteiger partial charge < -0.3 is 29.9 Å². The Morgan fingerprint density at radius 2 is 0.925 bits per heavy atom. The van der Waals surface area contributed by atoms with Gasteiger partial charge >= 0.3 is 6.09 Å². The third-order valence-electron chi connectivity index (χ3n) is 16.5. The van der Waals surface area contributed by atoms with Crippen LogP contribution in [-0.4, -0.2) is 123 Å². The van der Waals surface area contributed by atoms with Gasteiger partial charge in [0, 0.05) is 44.9 Å². The molecule has 0 spiro atoms. The maximum absolute atomic E-state index is 12.0. The molecule has 0 bridgehead atoms. The van der Waals surface area contributed by atoms with Crippen LogP contribution in [0, 0.1) is 73.4 Å². The van der Waals surface area contributed by atoms with E-state index < -0.39 is 9.84 Å². The Kier molecular flexibility index (Phi) is 40.2. The fourth-order valence-corrected chi connectivity index (χ4v) is 11.5. The average molecular weight is 1160 g/mol. The lowest BCUT2D eigenvalue weighted by Crippen LogP contribution is -2.41. The summed E-state index contributed by atoms with van der Waals surface area (Å²) in [6.07, 6.45) is 10.1. The van der Waals surface area contributed by atoms with Crippen molar-refractivity contribution in [3.05, 3.63) is 0 Å². The van der Waals surface area contributed by atoms with Gasteiger partial charge in [0.2, 0.25) is 5.91 Å². The van der Waals surface area contributed by atoms with E-state index in [0.29, 0.717) is 52.2 Å². The van der Waals surface area contributed by atoms with Gasteiger partial charge in [-0.3, -0.25) is 9.69 Å². The second-order valence-electron chi connectivity index (χ2n) is 32.5. The van der Waals surface area contributed by atoms with Gasteiger partial charge in [0.05, 0.1) is 37.7 Å². The van der Waals surface area contributed by atoms with Crippen LogP contribution in [-0.2, 0) is 24.1 Å². The third kappa shape index (κ3) is 43.2. The number of hydrogen-bond donors (Lipinski definition) is 3. The first-order valence-corrected chi connectivity index (χ1v) is 33.8. The van der Waals surface area contributed by atoms with Gasteiger partial charge in [-0.15, -0.1) is 0 Å². The summed E-state index contributed by atoms with van der Waals surface area (Å²) in [6.45, 7) is 74.7. The molecule has 8 atom stereocenters. The SMILES string of the molecule is CCC(C(=O)NCC(C)(C)C)C(C)(C)C.CCC(CC(C)O)C(C)(C)C.CCC(CC(C)O)C(C)(C)C.CCC(CCS(C)(=O)=O)C(C)(C)C.CCC(CN1CC(C)(C)OC1=O)C(C)(C)C.CCC(CN1CCOCC1)C(C)(C)C. The van der Waals surface area contributed by atoms with Crippen molar-refractivity contribution in [2.75, 3.05) is 64.5 Å². The van der Waals surface area contributed by atoms with E-state index in [-0.39, 0.29) is 57.4 Å². The fourth-order valence-electron chi connectivity index (χ4n) is 10.7. The van der Waals surface area contributed by atoms with Crippen molar-refractivity contribution in [3.8, 4) is 0 Å². The molecule has 0 radical (unpaired) electrons. The molecule has 0 aliphatic carbocycles. The molecule has 2 aliphatic heterocycles. The predicted octanol–water partition coefficient (Wildman–Crippen LogP) is 17.1. The first-order valence-electron chi connectivity index (χ1n) is 31.8. The van der Waals surface area contributed by atoms with Crippen LogP contribution in [0.15, 0.2) is 0 Å². The minimum atomic E-state index is -2.79. The molecule has 0 aromatic heterocycles. The van der Waals surface area contributed by atoms with Crippen molar-refractivity contribution in [1.82, 2.24) is 15.1 Å². The number of cyclic esters (lactones) is 1. The Labute approximate surface area is 500 Å². The van der Waals surface area contributed by atoms with Crippen LogP contribution in [0.5, 0.6) is 0 Å². The number of carbonyl (C=O) groups is 2. The molecule has 11 nitrogen and oxygen atoms in total. The number of aliphatic hydroxyl groups excluding tert-OH is 2. The summed E-state index contributed by atoms with van der Waals surface area (Å²) in [6, 6.07) is 0. The van der Waals surface area contributed by atoms with E-state index in [9.17, 15) is 28.2 Å². The molecule has 8 unspecified atom stereocenters. The van der Waals surface area contributed by atoms with Crippen LogP contribution < -0.4 is 5.32 Å². The lowest BCUT2D eigenvalue weighted by atomic mass is 9.76. The zero-order valence-electron chi connectivity index (χ0n) is 59.5. The molecule has 80 heavy (non-hydrogen) atoms. The Morgan fingerprint density at radius 1 is 0.575 bits per heavy atom. The topological polar surface area (TPSA) is 146 Å². The molecule has 2 fully saturated rings. The van der Waals surface area contributed by atoms with Crippen LogP contribution in [0.25, 0.3) is 0 Å². The predicted molar refractivity (Wildman–Crippen MR) is 348 cm³/mol. The van der Waals surface area contributed by atoms with Crippen molar-refractivity contribution >= 4 is 21.8 Å². The zero-order valence-corrected chi connectivity index (χ0v) is 60.3. The molecule has 12 heteroatoms. The van der Waals surface area contributed by atoms with E-state index in [1.165, 1.54) is 19.2 Å². The average Bonchev–Trinajstić information content (AvgIpc) is 3.53. The normalized spacial score (nSPS) is 18.6. The summed E-state index contributed by atoms with van der Waals surface area (Å²) in [4.78, 5) is 28.0. The standard InChI is InChI=1S/C13H25NO2.C13H27NO.C12H25NO.C10H22O2S.2C10H22O/c1-7-10(12(2,3)4)8-14-9-13(5,6)16-11(14)15;1-8-10(13(5,6)7)11(15)14-9-12(2,3)4;1-5-11(12(2,3)4)10-13-6-8-14-9-7-13;1-6-9(10(2,3)4)7-8-13(5,11)12;2*1-6-9(7-8(2)11)10(3,4)5/h10H,7-9H2,1-6H3;10H,8-9H2,1-7H3,(H,14,15);11H,5-10H2,1-4H3;9H,6-8H2,1-5H3;2*8-9,11H,6-7H2,1-5H3. The van der Waals surface area contributed by atoms with Gasteiger partial charge in [0.1, 0.15) is 15.4 Å². The second-order valence-corrected chi connectivity index (χ2v) is 34.7. The van der Waals surface area contributed by atoms with E-state index in [4.69, 9.17) is 9.47 Å². The molecular formula is C68H143N3O8S. The molecule has 0 saturated carbocycles. The number of morpholine rings is 1. The van der Waals surface area contributed by atoms with Gasteiger partial charge in [-0.2, -0.15) is 0 Å². The molecule has 2 aliphatic rings. The summed E-state index contributed by atoms with van der Waals surface area (Å²) in [5, 5.41) is 21.5. The molecule has 484 valence electrons. The van der Waals surface area contributed by atoms with Gasteiger partial charge in [0.25, 0.3) is 0 Å². The smallest absolute Gasteiger partial charge is 0.410 e. The molecule has 2 rings (SSSR count). The monoisotopic (exact) mass is 1160 g/mol. The van der Waals surface area contributed by atoms with Crippen LogP contribution >= 0.6 is 0 Å². The number of hydrogen-bond acceptors (Lipinski definition) is 9. The molecular weight excluding hydrogens is 1020 g/mol. The molecule has 3 N–H and O–H groups in total. The lowest BCUT2D eigenvalue weighted by molar-refractivity contribution is -0.128. The highest BCUT2D eigenvalue weighted by molar-refractivity contribution is 7.90. The minimum Gasteiger partial charge on any atom is -0.441 e. The number of ether oxygens (including phenoxy) is 2. The lowest BCUT2D eigenvalue weighted by Gasteiger charge is -2.36. The van der Waals surface area contributed by atoms with E-state index in [1.54, 1.807) is 0 Å². The summed E-state index contributed by atoms with van der Waals surface area (Å²) in [7, 11) is -2.79. The van der Waals surface area contributed by atoms with Gasteiger partial charge in [-0.1, -0.05) is 219 Å². The van der Waals surface area contributed by atoms with Crippen LogP contribution in [0.4, 0.5) is 4.79 Å². The summed E-state index contributed by atoms with van der Waals surface area (Å²) >= 11 is 0. The number of nitrogens with zero attached hydrogens (tertiary/aromatic N) is 2. The van der Waals surface area contributed by atoms with E-state index in [1.807, 2.05) is 32.6 Å². The quantitative estimate of drug-likeness (QED) is 0.115. The fraction of sp³-hybridized carbons (Fsp3) is 0.971. The first-order chi connectivity index (χ1) is 35.7.